The smallest absolute Gasteiger partial charge is 0.264 e. The summed E-state index contributed by atoms with van der Waals surface area (Å²) in [5.41, 5.74) is 0.797. The van der Waals surface area contributed by atoms with Gasteiger partial charge in [-0.3, -0.25) is 13.9 Å². The normalized spacial score (nSPS) is 12.6. The van der Waals surface area contributed by atoms with Crippen LogP contribution in [0.25, 0.3) is 0 Å². The SMILES string of the molecule is CC[C@H](C)NC(=O)[C@@H](C)N(Cc1ccc(Cl)cc1Cl)C(=O)CN(c1ccc(Oc2ccccc2)cc1)S(=O)(=O)c1ccccc1. The van der Waals surface area contributed by atoms with Gasteiger partial charge in [0.1, 0.15) is 24.1 Å². The third-order valence-corrected chi connectivity index (χ3v) is 9.61. The lowest BCUT2D eigenvalue weighted by Crippen LogP contribution is -2.52. The molecule has 0 unspecified atom stereocenters. The predicted molar refractivity (Wildman–Crippen MR) is 178 cm³/mol. The second-order valence-electron chi connectivity index (χ2n) is 10.5. The molecule has 0 bridgehead atoms. The minimum atomic E-state index is -4.21. The number of carbonyl (C=O) groups is 2. The van der Waals surface area contributed by atoms with E-state index in [9.17, 15) is 18.0 Å². The van der Waals surface area contributed by atoms with Crippen LogP contribution in [0, 0.1) is 0 Å². The molecule has 0 fully saturated rings. The van der Waals surface area contributed by atoms with Gasteiger partial charge in [0.05, 0.1) is 10.6 Å². The van der Waals surface area contributed by atoms with Crippen molar-refractivity contribution in [1.82, 2.24) is 10.2 Å². The molecule has 0 aliphatic heterocycles. The first kappa shape index (κ1) is 33.8. The van der Waals surface area contributed by atoms with E-state index in [4.69, 9.17) is 27.9 Å². The van der Waals surface area contributed by atoms with Crippen LogP contribution < -0.4 is 14.4 Å². The molecule has 1 N–H and O–H groups in total. The Kier molecular flexibility index (Phi) is 11.5. The van der Waals surface area contributed by atoms with Crippen molar-refractivity contribution in [2.45, 2.75) is 50.7 Å². The number of anilines is 1. The van der Waals surface area contributed by atoms with Crippen molar-refractivity contribution in [3.63, 3.8) is 0 Å². The first-order valence-corrected chi connectivity index (χ1v) is 16.6. The van der Waals surface area contributed by atoms with Crippen LogP contribution in [0.4, 0.5) is 5.69 Å². The van der Waals surface area contributed by atoms with Gasteiger partial charge in [-0.05, 0) is 86.5 Å². The highest BCUT2D eigenvalue weighted by Crippen LogP contribution is 2.29. The molecule has 4 aromatic carbocycles. The lowest BCUT2D eigenvalue weighted by Gasteiger charge is -2.32. The number of ether oxygens (including phenoxy) is 1. The average Bonchev–Trinajstić information content (AvgIpc) is 3.04. The van der Waals surface area contributed by atoms with Gasteiger partial charge in [-0.2, -0.15) is 0 Å². The van der Waals surface area contributed by atoms with Gasteiger partial charge in [0, 0.05) is 22.6 Å². The zero-order chi connectivity index (χ0) is 32.6. The van der Waals surface area contributed by atoms with Crippen molar-refractivity contribution in [2.24, 2.45) is 0 Å². The van der Waals surface area contributed by atoms with Crippen LogP contribution >= 0.6 is 23.2 Å². The summed E-state index contributed by atoms with van der Waals surface area (Å²) < 4.78 is 34.9. The zero-order valence-corrected chi connectivity index (χ0v) is 27.5. The standard InChI is InChI=1S/C34H35Cl2N3O5S/c1-4-24(2)37-34(41)25(3)38(22-26-15-16-27(35)21-32(26)36)33(40)23-39(45(42,43)31-13-9-6-10-14-31)28-17-19-30(20-18-28)44-29-11-7-5-8-12-29/h5-21,24-25H,4,22-23H2,1-3H3,(H,37,41)/t24-,25+/m0/s1. The van der Waals surface area contributed by atoms with E-state index < -0.39 is 28.5 Å². The number of nitrogens with zero attached hydrogens (tertiary/aromatic N) is 2. The van der Waals surface area contributed by atoms with Crippen molar-refractivity contribution in [3.05, 3.63) is 119 Å². The predicted octanol–water partition coefficient (Wildman–Crippen LogP) is 7.31. The highest BCUT2D eigenvalue weighted by molar-refractivity contribution is 7.92. The molecule has 2 atom stereocenters. The first-order valence-electron chi connectivity index (χ1n) is 14.4. The van der Waals surface area contributed by atoms with Gasteiger partial charge in [0.25, 0.3) is 10.0 Å². The highest BCUT2D eigenvalue weighted by Gasteiger charge is 2.33. The Hall–Kier alpha value is -4.05. The van der Waals surface area contributed by atoms with Gasteiger partial charge in [-0.25, -0.2) is 8.42 Å². The number of sulfonamides is 1. The Morgan fingerprint density at radius 3 is 2.04 bits per heavy atom. The van der Waals surface area contributed by atoms with E-state index in [-0.39, 0.29) is 29.1 Å². The van der Waals surface area contributed by atoms with Gasteiger partial charge in [-0.15, -0.1) is 0 Å². The Morgan fingerprint density at radius 2 is 1.44 bits per heavy atom. The lowest BCUT2D eigenvalue weighted by atomic mass is 10.1. The van der Waals surface area contributed by atoms with E-state index in [1.54, 1.807) is 79.7 Å². The summed E-state index contributed by atoms with van der Waals surface area (Å²) in [7, 11) is -4.21. The van der Waals surface area contributed by atoms with Crippen molar-refractivity contribution < 1.29 is 22.7 Å². The van der Waals surface area contributed by atoms with E-state index in [1.165, 1.54) is 17.0 Å². The fourth-order valence-corrected chi connectivity index (χ4v) is 6.34. The van der Waals surface area contributed by atoms with E-state index in [2.05, 4.69) is 5.32 Å². The second-order valence-corrected chi connectivity index (χ2v) is 13.2. The third-order valence-electron chi connectivity index (χ3n) is 7.24. The van der Waals surface area contributed by atoms with Gasteiger partial charge >= 0.3 is 0 Å². The summed E-state index contributed by atoms with van der Waals surface area (Å²) >= 11 is 12.5. The topological polar surface area (TPSA) is 96.0 Å². The molecule has 0 aliphatic rings. The van der Waals surface area contributed by atoms with Crippen LogP contribution in [0.3, 0.4) is 0 Å². The summed E-state index contributed by atoms with van der Waals surface area (Å²) in [5, 5.41) is 3.65. The third kappa shape index (κ3) is 8.78. The average molecular weight is 669 g/mol. The fourth-order valence-electron chi connectivity index (χ4n) is 4.44. The van der Waals surface area contributed by atoms with Crippen molar-refractivity contribution >= 4 is 50.7 Å². The summed E-state index contributed by atoms with van der Waals surface area (Å²) in [5.74, 6) is 0.137. The summed E-state index contributed by atoms with van der Waals surface area (Å²) in [4.78, 5) is 28.7. The monoisotopic (exact) mass is 667 g/mol. The maximum Gasteiger partial charge on any atom is 0.264 e. The van der Waals surface area contributed by atoms with Gasteiger partial charge in [-0.1, -0.05) is 72.6 Å². The molecular weight excluding hydrogens is 633 g/mol. The number of para-hydroxylation sites is 1. The van der Waals surface area contributed by atoms with Crippen molar-refractivity contribution in [3.8, 4) is 11.5 Å². The lowest BCUT2D eigenvalue weighted by molar-refractivity contribution is -0.139. The second kappa shape index (κ2) is 15.3. The molecule has 45 heavy (non-hydrogen) atoms. The molecule has 0 aliphatic carbocycles. The molecule has 8 nitrogen and oxygen atoms in total. The minimum Gasteiger partial charge on any atom is -0.457 e. The molecule has 0 aromatic heterocycles. The van der Waals surface area contributed by atoms with Gasteiger partial charge < -0.3 is 15.0 Å². The van der Waals surface area contributed by atoms with Crippen molar-refractivity contribution in [2.75, 3.05) is 10.8 Å². The Balaban J connectivity index is 1.70. The Labute approximate surface area is 274 Å². The summed E-state index contributed by atoms with van der Waals surface area (Å²) in [6.07, 6.45) is 0.697. The number of nitrogens with one attached hydrogen (secondary N) is 1. The molecule has 0 spiro atoms. The van der Waals surface area contributed by atoms with E-state index in [0.717, 1.165) is 4.31 Å². The molecule has 0 radical (unpaired) electrons. The van der Waals surface area contributed by atoms with Crippen LogP contribution in [0.5, 0.6) is 11.5 Å². The quantitative estimate of drug-likeness (QED) is 0.161. The van der Waals surface area contributed by atoms with Crippen molar-refractivity contribution in [1.29, 1.82) is 0 Å². The molecule has 11 heteroatoms. The highest BCUT2D eigenvalue weighted by atomic mass is 35.5. The molecule has 4 aromatic rings. The minimum absolute atomic E-state index is 0.0114. The van der Waals surface area contributed by atoms with Crippen LogP contribution in [0.2, 0.25) is 10.0 Å². The summed E-state index contributed by atoms with van der Waals surface area (Å²) in [6, 6.07) is 27.2. The maximum atomic E-state index is 14.1. The molecule has 0 heterocycles. The number of benzene rings is 4. The Morgan fingerprint density at radius 1 is 0.844 bits per heavy atom. The fraction of sp³-hybridized carbons (Fsp3) is 0.235. The van der Waals surface area contributed by atoms with Crippen LogP contribution in [-0.4, -0.2) is 43.8 Å². The number of rotatable bonds is 13. The van der Waals surface area contributed by atoms with Crippen LogP contribution in [0.15, 0.2) is 108 Å². The largest absolute Gasteiger partial charge is 0.457 e. The maximum absolute atomic E-state index is 14.1. The van der Waals surface area contributed by atoms with E-state index >= 15 is 0 Å². The summed E-state index contributed by atoms with van der Waals surface area (Å²) in [6.45, 7) is 4.78. The number of hydrogen-bond donors (Lipinski definition) is 1. The zero-order valence-electron chi connectivity index (χ0n) is 25.2. The number of hydrogen-bond acceptors (Lipinski definition) is 5. The van der Waals surface area contributed by atoms with E-state index in [0.29, 0.717) is 33.5 Å². The molecule has 2 amide bonds. The molecule has 0 saturated carbocycles. The van der Waals surface area contributed by atoms with Gasteiger partial charge in [0.15, 0.2) is 0 Å². The number of halogens is 2. The van der Waals surface area contributed by atoms with Gasteiger partial charge in [0.2, 0.25) is 11.8 Å². The molecule has 0 saturated heterocycles. The van der Waals surface area contributed by atoms with E-state index in [1.807, 2.05) is 32.0 Å². The first-order chi connectivity index (χ1) is 21.5. The molecule has 4 rings (SSSR count). The molecule has 236 valence electrons. The number of amides is 2. The van der Waals surface area contributed by atoms with Crippen LogP contribution in [0.1, 0.15) is 32.8 Å². The molecular formula is C34H35Cl2N3O5S. The number of carbonyl (C=O) groups excluding carboxylic acids is 2. The van der Waals surface area contributed by atoms with Crippen LogP contribution in [-0.2, 0) is 26.2 Å². The Bertz CT molecular complexity index is 1710.